The van der Waals surface area contributed by atoms with E-state index in [4.69, 9.17) is 4.42 Å². The number of nitrogens with one attached hydrogen (secondary N) is 1. The molecule has 106 valence electrons. The lowest BCUT2D eigenvalue weighted by Crippen LogP contribution is -2.14. The van der Waals surface area contributed by atoms with Crippen molar-refractivity contribution in [3.63, 3.8) is 0 Å². The van der Waals surface area contributed by atoms with Crippen molar-refractivity contribution in [3.8, 4) is 0 Å². The van der Waals surface area contributed by atoms with Gasteiger partial charge in [-0.25, -0.2) is 0 Å². The summed E-state index contributed by atoms with van der Waals surface area (Å²) < 4.78 is 7.04. The number of aromatic nitrogens is 2. The molecule has 0 radical (unpaired) electrons. The number of rotatable bonds is 5. The average molecular weight is 421 g/mol. The first-order valence-electron chi connectivity index (χ1n) is 5.78. The summed E-state index contributed by atoms with van der Waals surface area (Å²) in [6.45, 7) is 1.93. The Labute approximate surface area is 137 Å². The van der Waals surface area contributed by atoms with Gasteiger partial charge in [-0.05, 0) is 34.1 Å². The lowest BCUT2D eigenvalue weighted by molar-refractivity contribution is -0.113. The van der Waals surface area contributed by atoms with Gasteiger partial charge in [-0.3, -0.25) is 4.79 Å². The van der Waals surface area contributed by atoms with Gasteiger partial charge in [0.2, 0.25) is 11.8 Å². The maximum Gasteiger partial charge on any atom is 0.277 e. The lowest BCUT2D eigenvalue weighted by Gasteiger charge is -2.06. The van der Waals surface area contributed by atoms with Crippen LogP contribution in [-0.2, 0) is 11.2 Å². The van der Waals surface area contributed by atoms with Crippen LogP contribution in [0.25, 0.3) is 0 Å². The number of anilines is 1. The molecule has 2 aromatic rings. The summed E-state index contributed by atoms with van der Waals surface area (Å²) in [5.74, 6) is 0.650. The third-order valence-corrected chi connectivity index (χ3v) is 4.28. The van der Waals surface area contributed by atoms with Gasteiger partial charge in [-0.15, -0.1) is 10.2 Å². The highest BCUT2D eigenvalue weighted by Gasteiger charge is 2.10. The van der Waals surface area contributed by atoms with Crippen LogP contribution in [-0.4, -0.2) is 21.9 Å². The highest BCUT2D eigenvalue weighted by atomic mass is 79.9. The topological polar surface area (TPSA) is 68.0 Å². The zero-order valence-electron chi connectivity index (χ0n) is 10.5. The summed E-state index contributed by atoms with van der Waals surface area (Å²) in [6, 6.07) is 5.58. The molecule has 5 nitrogen and oxygen atoms in total. The zero-order chi connectivity index (χ0) is 14.5. The van der Waals surface area contributed by atoms with Gasteiger partial charge in [0.15, 0.2) is 0 Å². The molecule has 1 amide bonds. The molecular weight excluding hydrogens is 410 g/mol. The Morgan fingerprint density at radius 1 is 1.40 bits per heavy atom. The molecule has 0 saturated carbocycles. The summed E-state index contributed by atoms with van der Waals surface area (Å²) in [7, 11) is 0. The van der Waals surface area contributed by atoms with Gasteiger partial charge in [0.25, 0.3) is 5.22 Å². The third-order valence-electron chi connectivity index (χ3n) is 2.28. The van der Waals surface area contributed by atoms with E-state index in [2.05, 4.69) is 47.4 Å². The summed E-state index contributed by atoms with van der Waals surface area (Å²) in [5, 5.41) is 10.9. The molecule has 0 saturated heterocycles. The van der Waals surface area contributed by atoms with Gasteiger partial charge in [0, 0.05) is 15.4 Å². The van der Waals surface area contributed by atoms with Gasteiger partial charge >= 0.3 is 0 Å². The highest BCUT2D eigenvalue weighted by molar-refractivity contribution is 9.11. The van der Waals surface area contributed by atoms with Gasteiger partial charge < -0.3 is 9.73 Å². The number of amides is 1. The van der Waals surface area contributed by atoms with E-state index in [-0.39, 0.29) is 11.7 Å². The minimum atomic E-state index is -0.134. The van der Waals surface area contributed by atoms with Crippen molar-refractivity contribution in [3.05, 3.63) is 33.0 Å². The fourth-order valence-electron chi connectivity index (χ4n) is 1.35. The molecule has 1 aromatic carbocycles. The monoisotopic (exact) mass is 419 g/mol. The Morgan fingerprint density at radius 3 is 2.90 bits per heavy atom. The van der Waals surface area contributed by atoms with E-state index >= 15 is 0 Å². The molecular formula is C12H11Br2N3O2S. The van der Waals surface area contributed by atoms with E-state index in [9.17, 15) is 4.79 Å². The Morgan fingerprint density at radius 2 is 2.20 bits per heavy atom. The molecule has 1 heterocycles. The molecule has 1 aromatic heterocycles. The normalized spacial score (nSPS) is 10.6. The third kappa shape index (κ3) is 4.32. The Hall–Kier alpha value is -0.860. The lowest BCUT2D eigenvalue weighted by atomic mass is 10.3. The highest BCUT2D eigenvalue weighted by Crippen LogP contribution is 2.26. The molecule has 0 aliphatic heterocycles. The Bertz CT molecular complexity index is 618. The summed E-state index contributed by atoms with van der Waals surface area (Å²) in [6.07, 6.45) is 0.685. The Kier molecular flexibility index (Phi) is 5.62. The standard InChI is InChI=1S/C12H11Br2N3O2S/c1-2-11-16-17-12(19-11)20-6-10(18)15-9-5-7(13)3-4-8(9)14/h3-5H,2,6H2,1H3,(H,15,18). The molecule has 8 heteroatoms. The second-order valence-corrected chi connectivity index (χ2v) is 6.47. The van der Waals surface area contributed by atoms with Crippen molar-refractivity contribution in [2.24, 2.45) is 0 Å². The van der Waals surface area contributed by atoms with E-state index in [1.807, 2.05) is 25.1 Å². The number of halogens is 2. The van der Waals surface area contributed by atoms with Crippen molar-refractivity contribution < 1.29 is 9.21 Å². The smallest absolute Gasteiger partial charge is 0.277 e. The van der Waals surface area contributed by atoms with E-state index in [1.165, 1.54) is 11.8 Å². The molecule has 0 unspecified atom stereocenters. The summed E-state index contributed by atoms with van der Waals surface area (Å²) in [5.41, 5.74) is 0.713. The first-order valence-corrected chi connectivity index (χ1v) is 8.35. The van der Waals surface area contributed by atoms with Crippen molar-refractivity contribution in [2.45, 2.75) is 18.6 Å². The number of carbonyl (C=O) groups is 1. The van der Waals surface area contributed by atoms with Crippen LogP contribution >= 0.6 is 43.6 Å². The predicted octanol–water partition coefficient (Wildman–Crippen LogP) is 3.89. The van der Waals surface area contributed by atoms with E-state index < -0.39 is 0 Å². The number of carbonyl (C=O) groups excluding carboxylic acids is 1. The molecule has 0 aliphatic carbocycles. The molecule has 0 bridgehead atoms. The maximum absolute atomic E-state index is 11.9. The van der Waals surface area contributed by atoms with Crippen molar-refractivity contribution in [1.29, 1.82) is 0 Å². The van der Waals surface area contributed by atoms with Crippen molar-refractivity contribution in [2.75, 3.05) is 11.1 Å². The fraction of sp³-hybridized carbons (Fsp3) is 0.250. The summed E-state index contributed by atoms with van der Waals surface area (Å²) in [4.78, 5) is 11.9. The SMILES string of the molecule is CCc1nnc(SCC(=O)Nc2cc(Br)ccc2Br)o1. The van der Waals surface area contributed by atoms with E-state index in [1.54, 1.807) is 0 Å². The second-order valence-electron chi connectivity index (χ2n) is 3.78. The number of nitrogens with zero attached hydrogens (tertiary/aromatic N) is 2. The van der Waals surface area contributed by atoms with Crippen LogP contribution < -0.4 is 5.32 Å². The van der Waals surface area contributed by atoms with Crippen LogP contribution in [0.3, 0.4) is 0 Å². The van der Waals surface area contributed by atoms with Crippen LogP contribution in [0.4, 0.5) is 5.69 Å². The minimum Gasteiger partial charge on any atom is -0.416 e. The number of benzene rings is 1. The van der Waals surface area contributed by atoms with Crippen molar-refractivity contribution >= 4 is 55.2 Å². The second kappa shape index (κ2) is 7.24. The number of thioether (sulfide) groups is 1. The van der Waals surface area contributed by atoms with Crippen LogP contribution in [0.5, 0.6) is 0 Å². The van der Waals surface area contributed by atoms with Crippen molar-refractivity contribution in [1.82, 2.24) is 10.2 Å². The van der Waals surface area contributed by atoms with Gasteiger partial charge in [0.1, 0.15) is 0 Å². The largest absolute Gasteiger partial charge is 0.416 e. The maximum atomic E-state index is 11.9. The van der Waals surface area contributed by atoms with Gasteiger partial charge in [-0.1, -0.05) is 34.6 Å². The molecule has 0 spiro atoms. The van der Waals surface area contributed by atoms with Crippen LogP contribution in [0.15, 0.2) is 36.8 Å². The minimum absolute atomic E-state index is 0.134. The molecule has 0 atom stereocenters. The molecule has 0 fully saturated rings. The first kappa shape index (κ1) is 15.5. The summed E-state index contributed by atoms with van der Waals surface area (Å²) >= 11 is 7.96. The molecule has 1 N–H and O–H groups in total. The van der Waals surface area contributed by atoms with Gasteiger partial charge in [0.05, 0.1) is 11.4 Å². The molecule has 20 heavy (non-hydrogen) atoms. The number of hydrogen-bond donors (Lipinski definition) is 1. The fourth-order valence-corrected chi connectivity index (χ4v) is 2.63. The molecule has 2 rings (SSSR count). The average Bonchev–Trinajstić information content (AvgIpc) is 2.89. The van der Waals surface area contributed by atoms with Crippen LogP contribution in [0.1, 0.15) is 12.8 Å². The van der Waals surface area contributed by atoms with E-state index in [0.717, 1.165) is 8.95 Å². The zero-order valence-corrected chi connectivity index (χ0v) is 14.5. The number of hydrogen-bond acceptors (Lipinski definition) is 5. The van der Waals surface area contributed by atoms with Gasteiger partial charge in [-0.2, -0.15) is 0 Å². The molecule has 0 aliphatic rings. The van der Waals surface area contributed by atoms with Crippen LogP contribution in [0.2, 0.25) is 0 Å². The quantitative estimate of drug-likeness (QED) is 0.743. The predicted molar refractivity (Wildman–Crippen MR) is 84.9 cm³/mol. The van der Waals surface area contributed by atoms with E-state index in [0.29, 0.717) is 23.2 Å². The Balaban J connectivity index is 1.90. The van der Waals surface area contributed by atoms with Crippen LogP contribution in [0, 0.1) is 0 Å². The number of aryl methyl sites for hydroxylation is 1. The first-order chi connectivity index (χ1) is 9.58.